The quantitative estimate of drug-likeness (QED) is 0.764. The Kier molecular flexibility index (Phi) is 3.69. The van der Waals surface area contributed by atoms with Gasteiger partial charge < -0.3 is 15.0 Å². The molecule has 88 valence electrons. The van der Waals surface area contributed by atoms with E-state index in [1.807, 2.05) is 13.1 Å². The van der Waals surface area contributed by atoms with Crippen LogP contribution in [0.1, 0.15) is 5.69 Å². The van der Waals surface area contributed by atoms with Crippen LogP contribution in [0, 0.1) is 0 Å². The summed E-state index contributed by atoms with van der Waals surface area (Å²) in [5.74, 6) is 1.02. The van der Waals surface area contributed by atoms with E-state index in [-0.39, 0.29) is 0 Å². The van der Waals surface area contributed by atoms with Crippen molar-refractivity contribution in [2.24, 2.45) is 0 Å². The van der Waals surface area contributed by atoms with Crippen LogP contribution in [0.5, 0.6) is 0 Å². The van der Waals surface area contributed by atoms with Crippen LogP contribution in [0.25, 0.3) is 0 Å². The summed E-state index contributed by atoms with van der Waals surface area (Å²) in [7, 11) is 3.70. The van der Waals surface area contributed by atoms with Crippen LogP contribution in [0.3, 0.4) is 0 Å². The van der Waals surface area contributed by atoms with E-state index in [0.717, 1.165) is 31.0 Å². The van der Waals surface area contributed by atoms with Crippen LogP contribution < -0.4 is 10.2 Å². The van der Waals surface area contributed by atoms with Crippen molar-refractivity contribution in [2.45, 2.75) is 12.5 Å². The van der Waals surface area contributed by atoms with Gasteiger partial charge in [0.25, 0.3) is 0 Å². The summed E-state index contributed by atoms with van der Waals surface area (Å²) in [6, 6.07) is 2.64. The fourth-order valence-electron chi connectivity index (χ4n) is 1.75. The molecule has 0 amide bonds. The number of nitrogens with one attached hydrogen (secondary N) is 1. The standard InChI is InChI=1S/C11H18N4O/c1-12-10-6-15(7-10)11-5-9(3-4-16-2)13-8-14-11/h5,8,10,12H,3-4,6-7H2,1-2H3. The van der Waals surface area contributed by atoms with E-state index in [1.165, 1.54) is 0 Å². The van der Waals surface area contributed by atoms with E-state index in [2.05, 4.69) is 20.2 Å². The zero-order valence-electron chi connectivity index (χ0n) is 9.81. The average Bonchev–Trinajstić information content (AvgIpc) is 2.26. The smallest absolute Gasteiger partial charge is 0.132 e. The van der Waals surface area contributed by atoms with Crippen LogP contribution >= 0.6 is 0 Å². The molecule has 0 unspecified atom stereocenters. The first kappa shape index (κ1) is 11.3. The molecule has 0 radical (unpaired) electrons. The first-order chi connectivity index (χ1) is 7.83. The van der Waals surface area contributed by atoms with E-state index in [1.54, 1.807) is 13.4 Å². The van der Waals surface area contributed by atoms with Crippen molar-refractivity contribution in [1.29, 1.82) is 0 Å². The molecular formula is C11H18N4O. The van der Waals surface area contributed by atoms with Crippen LogP contribution in [-0.4, -0.2) is 49.9 Å². The van der Waals surface area contributed by atoms with Crippen molar-refractivity contribution < 1.29 is 4.74 Å². The number of anilines is 1. The first-order valence-corrected chi connectivity index (χ1v) is 5.55. The van der Waals surface area contributed by atoms with Gasteiger partial charge in [0.2, 0.25) is 0 Å². The Hall–Kier alpha value is -1.20. The van der Waals surface area contributed by atoms with Crippen molar-refractivity contribution in [3.63, 3.8) is 0 Å². The molecular weight excluding hydrogens is 204 g/mol. The van der Waals surface area contributed by atoms with Crippen LogP contribution in [0.2, 0.25) is 0 Å². The summed E-state index contributed by atoms with van der Waals surface area (Å²) >= 11 is 0. The third kappa shape index (κ3) is 2.48. The van der Waals surface area contributed by atoms with Crippen molar-refractivity contribution in [2.75, 3.05) is 38.8 Å². The van der Waals surface area contributed by atoms with E-state index >= 15 is 0 Å². The number of ether oxygens (including phenoxy) is 1. The van der Waals surface area contributed by atoms with Crippen molar-refractivity contribution in [3.8, 4) is 0 Å². The third-order valence-electron chi connectivity index (χ3n) is 2.89. The number of aromatic nitrogens is 2. The predicted octanol–water partition coefficient (Wildman–Crippen LogP) is 0.0735. The van der Waals surface area contributed by atoms with Gasteiger partial charge in [-0.05, 0) is 7.05 Å². The first-order valence-electron chi connectivity index (χ1n) is 5.55. The highest BCUT2D eigenvalue weighted by Crippen LogP contribution is 2.18. The van der Waals surface area contributed by atoms with Gasteiger partial charge in [-0.3, -0.25) is 0 Å². The lowest BCUT2D eigenvalue weighted by Crippen LogP contribution is -2.57. The Morgan fingerprint density at radius 2 is 2.31 bits per heavy atom. The average molecular weight is 222 g/mol. The minimum Gasteiger partial charge on any atom is -0.384 e. The second-order valence-corrected chi connectivity index (χ2v) is 4.00. The Morgan fingerprint density at radius 1 is 1.50 bits per heavy atom. The molecule has 1 aromatic rings. The van der Waals surface area contributed by atoms with Gasteiger partial charge in [-0.25, -0.2) is 9.97 Å². The van der Waals surface area contributed by atoms with Gasteiger partial charge in [-0.2, -0.15) is 0 Å². The second-order valence-electron chi connectivity index (χ2n) is 4.00. The van der Waals surface area contributed by atoms with Crippen LogP contribution in [-0.2, 0) is 11.2 Å². The van der Waals surface area contributed by atoms with Crippen LogP contribution in [0.15, 0.2) is 12.4 Å². The van der Waals surface area contributed by atoms with Gasteiger partial charge in [0.05, 0.1) is 6.61 Å². The largest absolute Gasteiger partial charge is 0.384 e. The minimum atomic E-state index is 0.595. The van der Waals surface area contributed by atoms with Gasteiger partial charge in [0.15, 0.2) is 0 Å². The van der Waals surface area contributed by atoms with E-state index in [4.69, 9.17) is 4.74 Å². The maximum atomic E-state index is 5.04. The normalized spacial score (nSPS) is 16.2. The fraction of sp³-hybridized carbons (Fsp3) is 0.636. The van der Waals surface area contributed by atoms with E-state index in [0.29, 0.717) is 12.6 Å². The Labute approximate surface area is 95.8 Å². The van der Waals surface area contributed by atoms with Gasteiger partial charge in [-0.15, -0.1) is 0 Å². The highest BCUT2D eigenvalue weighted by Gasteiger charge is 2.26. The van der Waals surface area contributed by atoms with Gasteiger partial charge in [0, 0.05) is 44.4 Å². The fourth-order valence-corrected chi connectivity index (χ4v) is 1.75. The zero-order valence-corrected chi connectivity index (χ0v) is 9.81. The molecule has 0 saturated carbocycles. The molecule has 5 nitrogen and oxygen atoms in total. The topological polar surface area (TPSA) is 50.3 Å². The lowest BCUT2D eigenvalue weighted by atomic mass is 10.1. The molecule has 1 aliphatic heterocycles. The maximum absolute atomic E-state index is 5.04. The minimum absolute atomic E-state index is 0.595. The maximum Gasteiger partial charge on any atom is 0.132 e. The van der Waals surface area contributed by atoms with Crippen molar-refractivity contribution in [1.82, 2.24) is 15.3 Å². The summed E-state index contributed by atoms with van der Waals surface area (Å²) in [5, 5.41) is 3.24. The number of hydrogen-bond donors (Lipinski definition) is 1. The van der Waals surface area contributed by atoms with E-state index < -0.39 is 0 Å². The molecule has 0 aromatic carbocycles. The molecule has 0 bridgehead atoms. The molecule has 1 fully saturated rings. The van der Waals surface area contributed by atoms with E-state index in [9.17, 15) is 0 Å². The lowest BCUT2D eigenvalue weighted by Gasteiger charge is -2.39. The predicted molar refractivity (Wildman–Crippen MR) is 62.7 cm³/mol. The summed E-state index contributed by atoms with van der Waals surface area (Å²) in [4.78, 5) is 10.8. The molecule has 5 heteroatoms. The molecule has 2 rings (SSSR count). The SMILES string of the molecule is CNC1CN(c2cc(CCOC)ncn2)C1. The molecule has 2 heterocycles. The molecule has 0 spiro atoms. The highest BCUT2D eigenvalue weighted by molar-refractivity contribution is 5.42. The molecule has 1 N–H and O–H groups in total. The number of hydrogen-bond acceptors (Lipinski definition) is 5. The summed E-state index contributed by atoms with van der Waals surface area (Å²) in [6.45, 7) is 2.75. The Balaban J connectivity index is 1.94. The Bertz CT molecular complexity index is 339. The van der Waals surface area contributed by atoms with Gasteiger partial charge >= 0.3 is 0 Å². The molecule has 0 atom stereocenters. The lowest BCUT2D eigenvalue weighted by molar-refractivity contribution is 0.201. The zero-order chi connectivity index (χ0) is 11.4. The molecule has 0 aliphatic carbocycles. The monoisotopic (exact) mass is 222 g/mol. The number of nitrogens with zero attached hydrogens (tertiary/aromatic N) is 3. The molecule has 1 aliphatic rings. The highest BCUT2D eigenvalue weighted by atomic mass is 16.5. The number of rotatable bonds is 5. The van der Waals surface area contributed by atoms with Gasteiger partial charge in [-0.1, -0.05) is 0 Å². The van der Waals surface area contributed by atoms with Crippen molar-refractivity contribution in [3.05, 3.63) is 18.1 Å². The number of likely N-dealkylation sites (N-methyl/N-ethyl adjacent to an activating group) is 1. The second kappa shape index (κ2) is 5.23. The summed E-state index contributed by atoms with van der Waals surface area (Å²) < 4.78 is 5.04. The van der Waals surface area contributed by atoms with Crippen LogP contribution in [0.4, 0.5) is 5.82 Å². The summed E-state index contributed by atoms with van der Waals surface area (Å²) in [6.07, 6.45) is 2.47. The third-order valence-corrected chi connectivity index (χ3v) is 2.89. The molecule has 1 aromatic heterocycles. The summed E-state index contributed by atoms with van der Waals surface area (Å²) in [5.41, 5.74) is 1.04. The van der Waals surface area contributed by atoms with Crippen molar-refractivity contribution >= 4 is 5.82 Å². The Morgan fingerprint density at radius 3 is 3.00 bits per heavy atom. The molecule has 16 heavy (non-hydrogen) atoms. The van der Waals surface area contributed by atoms with Gasteiger partial charge in [0.1, 0.15) is 12.1 Å². The number of methoxy groups -OCH3 is 1. The molecule has 1 saturated heterocycles.